The Morgan fingerprint density at radius 2 is 0.790 bits per heavy atom. The number of nitrogens with zero attached hydrogens (tertiary/aromatic N) is 3. The molecule has 0 atom stereocenters. The van der Waals surface area contributed by atoms with Gasteiger partial charge in [0.2, 0.25) is 0 Å². The Bertz CT molecular complexity index is 3420. The van der Waals surface area contributed by atoms with Crippen molar-refractivity contribution < 1.29 is 0 Å². The first-order chi connectivity index (χ1) is 30.7. The van der Waals surface area contributed by atoms with Crippen LogP contribution in [0.5, 0.6) is 0 Å². The van der Waals surface area contributed by atoms with Crippen LogP contribution in [0.4, 0.5) is 0 Å². The molecule has 62 heavy (non-hydrogen) atoms. The summed E-state index contributed by atoms with van der Waals surface area (Å²) < 4.78 is 2.51. The van der Waals surface area contributed by atoms with E-state index in [0.717, 1.165) is 38.9 Å². The van der Waals surface area contributed by atoms with Crippen LogP contribution in [0.15, 0.2) is 224 Å². The van der Waals surface area contributed by atoms with Crippen molar-refractivity contribution >= 4 is 31.5 Å². The van der Waals surface area contributed by atoms with Crippen LogP contribution < -0.4 is 0 Å². The number of rotatable bonds is 7. The van der Waals surface area contributed by atoms with Crippen LogP contribution in [0.25, 0.3) is 87.7 Å². The minimum Gasteiger partial charge on any atom is -0.208 e. The maximum Gasteiger partial charge on any atom is 0.164 e. The third-order valence-corrected chi connectivity index (χ3v) is 13.6. The summed E-state index contributed by atoms with van der Waals surface area (Å²) in [5.41, 5.74) is 14.7. The van der Waals surface area contributed by atoms with E-state index >= 15 is 0 Å². The van der Waals surface area contributed by atoms with Crippen molar-refractivity contribution in [1.29, 1.82) is 0 Å². The number of aromatic nitrogens is 3. The van der Waals surface area contributed by atoms with Gasteiger partial charge in [-0.25, -0.2) is 15.0 Å². The van der Waals surface area contributed by atoms with Gasteiger partial charge in [-0.1, -0.05) is 206 Å². The summed E-state index contributed by atoms with van der Waals surface area (Å²) in [6.45, 7) is 0. The Kier molecular flexibility index (Phi) is 8.58. The molecule has 0 fully saturated rings. The topological polar surface area (TPSA) is 38.7 Å². The van der Waals surface area contributed by atoms with Crippen molar-refractivity contribution in [1.82, 2.24) is 15.0 Å². The van der Waals surface area contributed by atoms with E-state index in [1.165, 1.54) is 53.6 Å². The third kappa shape index (κ3) is 5.83. The van der Waals surface area contributed by atoms with Crippen LogP contribution in [0.2, 0.25) is 0 Å². The van der Waals surface area contributed by atoms with E-state index in [0.29, 0.717) is 17.5 Å². The Labute approximate surface area is 364 Å². The molecule has 0 saturated heterocycles. The first-order valence-electron chi connectivity index (χ1n) is 21.0. The van der Waals surface area contributed by atoms with Gasteiger partial charge in [0.15, 0.2) is 17.5 Å². The molecule has 3 nitrogen and oxygen atoms in total. The zero-order chi connectivity index (χ0) is 41.0. The summed E-state index contributed by atoms with van der Waals surface area (Å²) in [5.74, 6) is 1.92. The van der Waals surface area contributed by atoms with E-state index in [-0.39, 0.29) is 0 Å². The Balaban J connectivity index is 0.992. The van der Waals surface area contributed by atoms with Crippen molar-refractivity contribution in [3.05, 3.63) is 247 Å². The highest BCUT2D eigenvalue weighted by Crippen LogP contribution is 2.56. The standard InChI is InChI=1S/C58H37N3S/c1-4-17-38(18-5-1)40-21-16-22-42(35-40)56-59-55(39-19-6-2-7-20-39)60-57(61-56)50-28-11-10-25-45(50)41-31-33-48-49-34-32-44(37-54(49)62-53(48)36-41)58(43-23-8-3-9-24-43)51-29-14-12-26-46(51)47-27-13-15-30-52(47)58/h1-37H. The van der Waals surface area contributed by atoms with E-state index in [9.17, 15) is 0 Å². The summed E-state index contributed by atoms with van der Waals surface area (Å²) in [6, 6.07) is 80.5. The van der Waals surface area contributed by atoms with Crippen molar-refractivity contribution in [2.45, 2.75) is 5.41 Å². The molecule has 12 rings (SSSR count). The molecule has 11 aromatic rings. The van der Waals surface area contributed by atoms with E-state index in [4.69, 9.17) is 15.0 Å². The first kappa shape index (κ1) is 36.1. The lowest BCUT2D eigenvalue weighted by Gasteiger charge is -2.33. The highest BCUT2D eigenvalue weighted by molar-refractivity contribution is 7.25. The lowest BCUT2D eigenvalue weighted by Crippen LogP contribution is -2.28. The second-order valence-corrected chi connectivity index (χ2v) is 17.0. The lowest BCUT2D eigenvalue weighted by molar-refractivity contribution is 0.770. The van der Waals surface area contributed by atoms with Crippen LogP contribution in [0.1, 0.15) is 22.3 Å². The van der Waals surface area contributed by atoms with Gasteiger partial charge in [0, 0.05) is 36.9 Å². The fraction of sp³-hybridized carbons (Fsp3) is 0.0172. The summed E-state index contributed by atoms with van der Waals surface area (Å²) >= 11 is 1.86. The molecule has 9 aromatic carbocycles. The van der Waals surface area contributed by atoms with Gasteiger partial charge in [-0.2, -0.15) is 0 Å². The van der Waals surface area contributed by atoms with Crippen LogP contribution in [-0.4, -0.2) is 15.0 Å². The van der Waals surface area contributed by atoms with E-state index < -0.39 is 5.41 Å². The van der Waals surface area contributed by atoms with Gasteiger partial charge in [0.25, 0.3) is 0 Å². The number of hydrogen-bond donors (Lipinski definition) is 0. The molecule has 1 aliphatic rings. The van der Waals surface area contributed by atoms with Gasteiger partial charge in [0.05, 0.1) is 5.41 Å². The number of hydrogen-bond acceptors (Lipinski definition) is 4. The molecule has 2 aromatic heterocycles. The molecule has 0 saturated carbocycles. The predicted octanol–water partition coefficient (Wildman–Crippen LogP) is 14.9. The molecule has 290 valence electrons. The fourth-order valence-electron chi connectivity index (χ4n) is 9.63. The van der Waals surface area contributed by atoms with Crippen LogP contribution in [-0.2, 0) is 5.41 Å². The van der Waals surface area contributed by atoms with Crippen molar-refractivity contribution in [3.8, 4) is 67.5 Å². The second kappa shape index (κ2) is 14.7. The van der Waals surface area contributed by atoms with Gasteiger partial charge in [-0.15, -0.1) is 11.3 Å². The van der Waals surface area contributed by atoms with Gasteiger partial charge < -0.3 is 0 Å². The summed E-state index contributed by atoms with van der Waals surface area (Å²) in [6.07, 6.45) is 0. The van der Waals surface area contributed by atoms with Gasteiger partial charge in [0.1, 0.15) is 0 Å². The monoisotopic (exact) mass is 807 g/mol. The molecular formula is C58H37N3S. The summed E-state index contributed by atoms with van der Waals surface area (Å²) in [4.78, 5) is 15.4. The fourth-order valence-corrected chi connectivity index (χ4v) is 10.8. The molecule has 2 heterocycles. The minimum atomic E-state index is -0.437. The quantitative estimate of drug-likeness (QED) is 0.161. The van der Waals surface area contributed by atoms with E-state index in [1.54, 1.807) is 0 Å². The zero-order valence-electron chi connectivity index (χ0n) is 33.6. The van der Waals surface area contributed by atoms with Crippen molar-refractivity contribution in [3.63, 3.8) is 0 Å². The highest BCUT2D eigenvalue weighted by atomic mass is 32.1. The van der Waals surface area contributed by atoms with Crippen LogP contribution >= 0.6 is 11.3 Å². The largest absolute Gasteiger partial charge is 0.208 e. The van der Waals surface area contributed by atoms with Crippen LogP contribution in [0, 0.1) is 0 Å². The molecular weight excluding hydrogens is 771 g/mol. The van der Waals surface area contributed by atoms with Gasteiger partial charge in [-0.3, -0.25) is 0 Å². The molecule has 0 N–H and O–H groups in total. The molecule has 4 heteroatoms. The number of fused-ring (bicyclic) bond motifs is 6. The SMILES string of the molecule is c1ccc(-c2cccc(-c3nc(-c4ccccc4)nc(-c4ccccc4-c4ccc5c(c4)sc4cc(C6(c7ccccc7)c7ccccc7-c7ccccc76)ccc45)n3)c2)cc1. The van der Waals surface area contributed by atoms with Gasteiger partial charge in [-0.05, 0) is 73.8 Å². The highest BCUT2D eigenvalue weighted by Gasteiger charge is 2.46. The number of benzene rings is 9. The molecule has 0 amide bonds. The maximum absolute atomic E-state index is 5.21. The summed E-state index contributed by atoms with van der Waals surface area (Å²) in [7, 11) is 0. The predicted molar refractivity (Wildman–Crippen MR) is 257 cm³/mol. The molecule has 0 aliphatic heterocycles. The molecule has 0 unspecified atom stereocenters. The van der Waals surface area contributed by atoms with E-state index in [2.05, 4.69) is 200 Å². The average Bonchev–Trinajstić information content (AvgIpc) is 3.88. The second-order valence-electron chi connectivity index (χ2n) is 15.9. The van der Waals surface area contributed by atoms with Crippen molar-refractivity contribution in [2.24, 2.45) is 0 Å². The Morgan fingerprint density at radius 1 is 0.290 bits per heavy atom. The number of thiophene rings is 1. The van der Waals surface area contributed by atoms with Crippen LogP contribution in [0.3, 0.4) is 0 Å². The molecule has 0 radical (unpaired) electrons. The Morgan fingerprint density at radius 3 is 1.48 bits per heavy atom. The summed E-state index contributed by atoms with van der Waals surface area (Å²) in [5, 5.41) is 2.52. The van der Waals surface area contributed by atoms with Gasteiger partial charge >= 0.3 is 0 Å². The maximum atomic E-state index is 5.21. The first-order valence-corrected chi connectivity index (χ1v) is 21.8. The molecule has 1 aliphatic carbocycles. The average molecular weight is 808 g/mol. The zero-order valence-corrected chi connectivity index (χ0v) is 34.4. The normalized spacial score (nSPS) is 12.6. The molecule has 0 bridgehead atoms. The van der Waals surface area contributed by atoms with E-state index in [1.807, 2.05) is 35.6 Å². The Hall–Kier alpha value is -7.79. The smallest absolute Gasteiger partial charge is 0.164 e. The minimum absolute atomic E-state index is 0.437. The van der Waals surface area contributed by atoms with Crippen molar-refractivity contribution in [2.75, 3.05) is 0 Å². The molecule has 0 spiro atoms. The third-order valence-electron chi connectivity index (χ3n) is 12.4. The lowest BCUT2D eigenvalue weighted by atomic mass is 9.67.